The summed E-state index contributed by atoms with van der Waals surface area (Å²) in [7, 11) is 4.39. The highest BCUT2D eigenvalue weighted by atomic mass is 16.6. The molecule has 0 aliphatic heterocycles. The lowest BCUT2D eigenvalue weighted by Crippen LogP contribution is -2.12. The zero-order valence-electron chi connectivity index (χ0n) is 10.2. The topological polar surface area (TPSA) is 68.2 Å². The van der Waals surface area contributed by atoms with E-state index in [1.807, 2.05) is 0 Å². The van der Waals surface area contributed by atoms with Gasteiger partial charge in [-0.15, -0.1) is 0 Å². The quantitative estimate of drug-likeness (QED) is 0.564. The number of hydrogen-bond donors (Lipinski definition) is 2. The van der Waals surface area contributed by atoms with Crippen LogP contribution in [0.1, 0.15) is 6.42 Å². The second kappa shape index (κ2) is 6.32. The van der Waals surface area contributed by atoms with E-state index in [9.17, 15) is 10.2 Å². The van der Waals surface area contributed by atoms with E-state index in [0.29, 0.717) is 17.9 Å². The number of rotatable bonds is 5. The lowest BCUT2D eigenvalue weighted by atomic mass is 9.96. The molecule has 0 amide bonds. The van der Waals surface area contributed by atoms with E-state index in [-0.39, 0.29) is 11.7 Å². The molecular formula is C12H18O5. The first-order chi connectivity index (χ1) is 8.12. The van der Waals surface area contributed by atoms with Crippen LogP contribution in [0.25, 0.3) is 0 Å². The van der Waals surface area contributed by atoms with Gasteiger partial charge in [-0.05, 0) is 12.2 Å². The van der Waals surface area contributed by atoms with Crippen molar-refractivity contribution in [3.8, 4) is 0 Å². The van der Waals surface area contributed by atoms with Crippen LogP contribution in [0.2, 0.25) is 0 Å². The maximum atomic E-state index is 9.73. The molecule has 0 heterocycles. The van der Waals surface area contributed by atoms with Crippen LogP contribution in [0.3, 0.4) is 0 Å². The van der Waals surface area contributed by atoms with Crippen molar-refractivity contribution in [2.75, 3.05) is 21.3 Å². The number of aliphatic hydroxyl groups is 2. The minimum absolute atomic E-state index is 0.0133. The molecule has 0 spiro atoms. The Balaban J connectivity index is 2.80. The highest BCUT2D eigenvalue weighted by Crippen LogP contribution is 2.29. The van der Waals surface area contributed by atoms with Crippen molar-refractivity contribution in [3.05, 3.63) is 35.5 Å². The molecule has 1 aliphatic carbocycles. The van der Waals surface area contributed by atoms with E-state index in [2.05, 4.69) is 0 Å². The molecule has 0 saturated carbocycles. The molecule has 1 aliphatic rings. The molecule has 2 N–H and O–H groups in total. The third kappa shape index (κ3) is 3.51. The lowest BCUT2D eigenvalue weighted by molar-refractivity contribution is -0.0359. The smallest absolute Gasteiger partial charge is 0.196 e. The number of hydrogen-bond acceptors (Lipinski definition) is 5. The van der Waals surface area contributed by atoms with Crippen molar-refractivity contribution in [2.24, 2.45) is 5.92 Å². The molecule has 17 heavy (non-hydrogen) atoms. The molecule has 0 aromatic heterocycles. The van der Waals surface area contributed by atoms with E-state index in [4.69, 9.17) is 14.2 Å². The fraction of sp³-hybridized carbons (Fsp3) is 0.500. The van der Waals surface area contributed by atoms with Crippen LogP contribution in [-0.2, 0) is 14.2 Å². The van der Waals surface area contributed by atoms with Gasteiger partial charge in [0.05, 0.1) is 14.2 Å². The van der Waals surface area contributed by atoms with Gasteiger partial charge in [0.1, 0.15) is 5.76 Å². The van der Waals surface area contributed by atoms with Crippen molar-refractivity contribution < 1.29 is 24.4 Å². The highest BCUT2D eigenvalue weighted by molar-refractivity contribution is 5.29. The maximum absolute atomic E-state index is 9.73. The normalized spacial score (nSPS) is 22.6. The van der Waals surface area contributed by atoms with Crippen LogP contribution < -0.4 is 0 Å². The minimum Gasteiger partial charge on any atom is -0.502 e. The van der Waals surface area contributed by atoms with E-state index < -0.39 is 6.29 Å². The molecule has 5 nitrogen and oxygen atoms in total. The van der Waals surface area contributed by atoms with Crippen LogP contribution >= 0.6 is 0 Å². The largest absolute Gasteiger partial charge is 0.502 e. The molecule has 1 rings (SSSR count). The van der Waals surface area contributed by atoms with E-state index in [0.717, 1.165) is 0 Å². The van der Waals surface area contributed by atoms with Crippen molar-refractivity contribution in [1.29, 1.82) is 0 Å². The Bertz CT molecular complexity index is 343. The van der Waals surface area contributed by atoms with Gasteiger partial charge in [0, 0.05) is 19.4 Å². The maximum Gasteiger partial charge on any atom is 0.196 e. The summed E-state index contributed by atoms with van der Waals surface area (Å²) in [6, 6.07) is 0. The molecule has 2 unspecified atom stereocenters. The van der Waals surface area contributed by atoms with Crippen molar-refractivity contribution in [2.45, 2.75) is 12.7 Å². The van der Waals surface area contributed by atoms with E-state index >= 15 is 0 Å². The first-order valence-electron chi connectivity index (χ1n) is 5.23. The van der Waals surface area contributed by atoms with Gasteiger partial charge in [-0.3, -0.25) is 0 Å². The zero-order chi connectivity index (χ0) is 12.8. The Labute approximate surface area is 101 Å². The average Bonchev–Trinajstić information content (AvgIpc) is 2.36. The number of ether oxygens (including phenoxy) is 3. The van der Waals surface area contributed by atoms with E-state index in [1.165, 1.54) is 27.4 Å². The number of aliphatic hydroxyl groups excluding tert-OH is 2. The summed E-state index contributed by atoms with van der Waals surface area (Å²) >= 11 is 0. The number of methoxy groups -OCH3 is 3. The third-order valence-electron chi connectivity index (χ3n) is 2.51. The fourth-order valence-corrected chi connectivity index (χ4v) is 1.57. The molecule has 0 bridgehead atoms. The van der Waals surface area contributed by atoms with Gasteiger partial charge in [0.15, 0.2) is 17.8 Å². The number of allylic oxidation sites excluding steroid dienone is 3. The van der Waals surface area contributed by atoms with Crippen LogP contribution in [0.15, 0.2) is 35.5 Å². The second-order valence-electron chi connectivity index (χ2n) is 3.59. The van der Waals surface area contributed by atoms with Crippen LogP contribution in [0, 0.1) is 5.92 Å². The fourth-order valence-electron chi connectivity index (χ4n) is 1.57. The van der Waals surface area contributed by atoms with Crippen molar-refractivity contribution in [1.82, 2.24) is 0 Å². The summed E-state index contributed by atoms with van der Waals surface area (Å²) in [6.45, 7) is 0. The molecule has 0 aromatic carbocycles. The minimum atomic E-state index is -0.931. The highest BCUT2D eigenvalue weighted by Gasteiger charge is 2.22. The zero-order valence-corrected chi connectivity index (χ0v) is 10.2. The van der Waals surface area contributed by atoms with Gasteiger partial charge in [-0.2, -0.15) is 0 Å². The molecule has 0 saturated heterocycles. The summed E-state index contributed by atoms with van der Waals surface area (Å²) in [5.74, 6) is 0.841. The summed E-state index contributed by atoms with van der Waals surface area (Å²) in [4.78, 5) is 0. The monoisotopic (exact) mass is 242 g/mol. The van der Waals surface area contributed by atoms with Gasteiger partial charge in [0.25, 0.3) is 0 Å². The predicted octanol–water partition coefficient (Wildman–Crippen LogP) is 1.47. The standard InChI is InChI=1S/C12H18O5/c1-15-9-6-8(4-5-11(13)17-3)7-10(16-2)12(9)14/h4-6,8,11,13-14H,7H2,1-3H3/b5-4+. The molecule has 0 radical (unpaired) electrons. The van der Waals surface area contributed by atoms with Gasteiger partial charge >= 0.3 is 0 Å². The van der Waals surface area contributed by atoms with Crippen LogP contribution in [0.5, 0.6) is 0 Å². The third-order valence-corrected chi connectivity index (χ3v) is 2.51. The molecular weight excluding hydrogens is 224 g/mol. The average molecular weight is 242 g/mol. The predicted molar refractivity (Wildman–Crippen MR) is 62.0 cm³/mol. The molecule has 5 heteroatoms. The van der Waals surface area contributed by atoms with Crippen LogP contribution in [0.4, 0.5) is 0 Å². The summed E-state index contributed by atoms with van der Waals surface area (Å²) in [5, 5.41) is 19.0. The van der Waals surface area contributed by atoms with Gasteiger partial charge in [0.2, 0.25) is 0 Å². The Kier molecular flexibility index (Phi) is 5.06. The first kappa shape index (κ1) is 13.6. The Morgan fingerprint density at radius 3 is 2.59 bits per heavy atom. The summed E-state index contributed by atoms with van der Waals surface area (Å²) in [5.41, 5.74) is 0. The van der Waals surface area contributed by atoms with Gasteiger partial charge in [-0.25, -0.2) is 0 Å². The SMILES string of the molecule is COC1=CC(/C=C/C(O)OC)CC(OC)=C1O. The Hall–Kier alpha value is -1.46. The molecule has 0 fully saturated rings. The molecule has 96 valence electrons. The van der Waals surface area contributed by atoms with Crippen LogP contribution in [-0.4, -0.2) is 37.8 Å². The van der Waals surface area contributed by atoms with Gasteiger partial charge < -0.3 is 24.4 Å². The second-order valence-corrected chi connectivity index (χ2v) is 3.59. The summed E-state index contributed by atoms with van der Waals surface area (Å²) < 4.78 is 14.8. The van der Waals surface area contributed by atoms with Gasteiger partial charge in [-0.1, -0.05) is 6.08 Å². The van der Waals surface area contributed by atoms with Crippen molar-refractivity contribution in [3.63, 3.8) is 0 Å². The first-order valence-corrected chi connectivity index (χ1v) is 5.23. The Morgan fingerprint density at radius 2 is 2.06 bits per heavy atom. The Morgan fingerprint density at radius 1 is 1.35 bits per heavy atom. The van der Waals surface area contributed by atoms with E-state index in [1.54, 1.807) is 12.2 Å². The lowest BCUT2D eigenvalue weighted by Gasteiger charge is -2.20. The summed E-state index contributed by atoms with van der Waals surface area (Å²) in [6.07, 6.45) is 4.65. The molecule has 0 aromatic rings. The van der Waals surface area contributed by atoms with Crippen molar-refractivity contribution >= 4 is 0 Å². The molecule has 2 atom stereocenters.